The van der Waals surface area contributed by atoms with Crippen LogP contribution in [0.3, 0.4) is 0 Å². The lowest BCUT2D eigenvalue weighted by Gasteiger charge is -2.31. The van der Waals surface area contributed by atoms with E-state index in [1.807, 2.05) is 0 Å². The van der Waals surface area contributed by atoms with Gasteiger partial charge in [-0.1, -0.05) is 518 Å². The summed E-state index contributed by atoms with van der Waals surface area (Å²) in [5.41, 5.74) is 0. The van der Waals surface area contributed by atoms with Crippen LogP contribution in [0, 0.1) is 0 Å². The van der Waals surface area contributed by atoms with Crippen LogP contribution in [-0.4, -0.2) is 171 Å². The van der Waals surface area contributed by atoms with Crippen molar-refractivity contribution < 1.29 is 19.2 Å². The molecule has 0 atom stereocenters. The van der Waals surface area contributed by atoms with Crippen molar-refractivity contribution >= 4 is 23.6 Å². The maximum atomic E-state index is 15.4. The molecule has 0 radical (unpaired) electrons. The Hall–Kier alpha value is -2.28. The fourth-order valence-corrected chi connectivity index (χ4v) is 18.3. The number of amides is 4. The highest BCUT2D eigenvalue weighted by molar-refractivity contribution is 5.79. The SMILES string of the molecule is CCCCCCCCCCCCN(CCCCCCCCCCCC)C(=O)CNCCN(CCN(CCNCC(=O)N(CCCCCCCCCCCC)CCCCCCCCCCCC)CC(=O)N(CCCCCCCCCCCC)CCCCCCCCCCCC)CC(=O)N(CCCCCCCCCCCC)CCCCCCCCCCCC. The van der Waals surface area contributed by atoms with Gasteiger partial charge in [-0.3, -0.25) is 29.0 Å². The summed E-state index contributed by atoms with van der Waals surface area (Å²) in [6, 6.07) is 0. The molecule has 0 aromatic heterocycles. The van der Waals surface area contributed by atoms with Crippen LogP contribution in [0.5, 0.6) is 0 Å². The second-order valence-electron chi connectivity index (χ2n) is 38.9. The number of nitrogens with one attached hydrogen (secondary N) is 2. The molecule has 0 heterocycles. The summed E-state index contributed by atoms with van der Waals surface area (Å²) in [5, 5.41) is 7.39. The van der Waals surface area contributed by atoms with Crippen molar-refractivity contribution in [2.75, 3.05) is 118 Å². The molecule has 2 N–H and O–H groups in total. The third kappa shape index (κ3) is 85.8. The van der Waals surface area contributed by atoms with E-state index in [0.717, 1.165) is 104 Å². The zero-order valence-electron chi connectivity index (χ0n) is 84.6. The van der Waals surface area contributed by atoms with Gasteiger partial charge < -0.3 is 30.2 Å². The van der Waals surface area contributed by atoms with Crippen LogP contribution >= 0.6 is 0 Å². The molecule has 122 heavy (non-hydrogen) atoms. The summed E-state index contributed by atoms with van der Waals surface area (Å²) >= 11 is 0. The normalized spacial score (nSPS) is 11.7. The molecule has 0 aromatic rings. The largest absolute Gasteiger partial charge is 0.342 e. The molecule has 0 saturated heterocycles. The molecule has 12 nitrogen and oxygen atoms in total. The fourth-order valence-electron chi connectivity index (χ4n) is 18.3. The number of rotatable bonds is 105. The quantitative estimate of drug-likeness (QED) is 0.0579. The Morgan fingerprint density at radius 1 is 0.148 bits per heavy atom. The standard InChI is InChI=1S/C110H222N8O4/c1-9-17-25-33-41-49-57-65-73-81-91-115(92-82-74-66-58-50-42-34-26-18-10-2)107(119)103-111-89-99-113(105-109(121)117(95-85-77-69-61-53-45-37-29-21-13-5)96-86-78-70-62-54-46-38-30-22-14-6)101-102-114(106-110(122)118(97-87-79-71-63-55-47-39-31-23-15-7)98-88-80-72-64-56-48-40-32-24-16-8)100-90-112-104-108(120)116(93-83-75-67-59-51-43-35-27-19-11-3)94-84-76-68-60-52-44-36-28-20-12-4/h111-112H,9-106H2,1-8H3. The number of carbonyl (C=O) groups is 4. The molecule has 0 fully saturated rings. The van der Waals surface area contributed by atoms with E-state index in [2.05, 4.69) is 95.4 Å². The number of hydrogen-bond donors (Lipinski definition) is 2. The van der Waals surface area contributed by atoms with E-state index in [-0.39, 0.29) is 23.6 Å². The van der Waals surface area contributed by atoms with Crippen molar-refractivity contribution in [3.63, 3.8) is 0 Å². The summed E-state index contributed by atoms with van der Waals surface area (Å²) < 4.78 is 0. The minimum atomic E-state index is 0.218. The van der Waals surface area contributed by atoms with Gasteiger partial charge in [0, 0.05) is 91.6 Å². The third-order valence-electron chi connectivity index (χ3n) is 26.9. The highest BCUT2D eigenvalue weighted by Gasteiger charge is 2.23. The van der Waals surface area contributed by atoms with Gasteiger partial charge in [0.05, 0.1) is 26.2 Å². The van der Waals surface area contributed by atoms with Gasteiger partial charge in [0.15, 0.2) is 0 Å². The molecule has 726 valence electrons. The maximum absolute atomic E-state index is 15.4. The first-order valence-electron chi connectivity index (χ1n) is 56.1. The van der Waals surface area contributed by atoms with Gasteiger partial charge in [-0.2, -0.15) is 0 Å². The highest BCUT2D eigenvalue weighted by atomic mass is 16.2. The Bertz CT molecular complexity index is 1840. The first-order valence-corrected chi connectivity index (χ1v) is 56.1. The van der Waals surface area contributed by atoms with Crippen molar-refractivity contribution in [1.29, 1.82) is 0 Å². The molecule has 0 saturated carbocycles. The Balaban J connectivity index is 7.43. The monoisotopic (exact) mass is 1720 g/mol. The van der Waals surface area contributed by atoms with Crippen LogP contribution in [0.2, 0.25) is 0 Å². The van der Waals surface area contributed by atoms with Gasteiger partial charge in [-0.15, -0.1) is 0 Å². The predicted molar refractivity (Wildman–Crippen MR) is 540 cm³/mol. The highest BCUT2D eigenvalue weighted by Crippen LogP contribution is 2.21. The van der Waals surface area contributed by atoms with Crippen LogP contribution in [-0.2, 0) is 19.2 Å². The van der Waals surface area contributed by atoms with Crippen LogP contribution < -0.4 is 10.6 Å². The molecule has 0 aliphatic heterocycles. The molecular formula is C110H222N8O4. The van der Waals surface area contributed by atoms with Crippen molar-refractivity contribution in [3.05, 3.63) is 0 Å². The summed E-state index contributed by atoms with van der Waals surface area (Å²) in [5.74, 6) is 0.897. The van der Waals surface area contributed by atoms with Gasteiger partial charge in [-0.05, 0) is 51.4 Å². The van der Waals surface area contributed by atoms with Crippen LogP contribution in [0.1, 0.15) is 569 Å². The topological polar surface area (TPSA) is 112 Å². The fraction of sp³-hybridized carbons (Fsp3) is 0.964. The lowest BCUT2D eigenvalue weighted by molar-refractivity contribution is -0.134. The molecule has 4 amide bonds. The Morgan fingerprint density at radius 3 is 0.410 bits per heavy atom. The number of carbonyl (C=O) groups excluding carboxylic acids is 4. The van der Waals surface area contributed by atoms with E-state index >= 15 is 9.59 Å². The Kier molecular flexibility index (Phi) is 99.0. The average Bonchev–Trinajstić information content (AvgIpc) is 0.888. The summed E-state index contributed by atoms with van der Waals surface area (Å²) in [6.45, 7) is 30.2. The summed E-state index contributed by atoms with van der Waals surface area (Å²) in [4.78, 5) is 73.6. The Morgan fingerprint density at radius 2 is 0.270 bits per heavy atom. The maximum Gasteiger partial charge on any atom is 0.236 e. The lowest BCUT2D eigenvalue weighted by Crippen LogP contribution is -2.49. The van der Waals surface area contributed by atoms with E-state index in [1.54, 1.807) is 0 Å². The second kappa shape index (κ2) is 101. The second-order valence-corrected chi connectivity index (χ2v) is 38.9. The first kappa shape index (κ1) is 120. The van der Waals surface area contributed by atoms with E-state index < -0.39 is 0 Å². The number of hydrogen-bond acceptors (Lipinski definition) is 8. The molecule has 0 spiro atoms. The van der Waals surface area contributed by atoms with Gasteiger partial charge in [0.25, 0.3) is 0 Å². The molecule has 12 heteroatoms. The van der Waals surface area contributed by atoms with E-state index in [1.165, 1.54) is 462 Å². The molecular weight excluding hydrogens is 1500 g/mol. The van der Waals surface area contributed by atoms with Gasteiger partial charge in [0.1, 0.15) is 0 Å². The number of unbranched alkanes of at least 4 members (excludes halogenated alkanes) is 72. The van der Waals surface area contributed by atoms with Gasteiger partial charge >= 0.3 is 0 Å². The van der Waals surface area contributed by atoms with E-state index in [4.69, 9.17) is 0 Å². The molecule has 0 bridgehead atoms. The predicted octanol–water partition coefficient (Wildman–Crippen LogP) is 31.5. The minimum Gasteiger partial charge on any atom is -0.342 e. The van der Waals surface area contributed by atoms with Crippen LogP contribution in [0.4, 0.5) is 0 Å². The minimum absolute atomic E-state index is 0.218. The molecule has 0 rings (SSSR count). The lowest BCUT2D eigenvalue weighted by atomic mass is 10.1. The van der Waals surface area contributed by atoms with Crippen molar-refractivity contribution in [2.45, 2.75) is 569 Å². The smallest absolute Gasteiger partial charge is 0.236 e. The molecule has 0 aliphatic rings. The van der Waals surface area contributed by atoms with Gasteiger partial charge in [-0.25, -0.2) is 0 Å². The summed E-state index contributed by atoms with van der Waals surface area (Å²) in [6.07, 6.45) is 103. The summed E-state index contributed by atoms with van der Waals surface area (Å²) in [7, 11) is 0. The molecule has 0 aromatic carbocycles. The Labute approximate surface area is 765 Å². The van der Waals surface area contributed by atoms with Crippen molar-refractivity contribution in [2.24, 2.45) is 0 Å². The van der Waals surface area contributed by atoms with E-state index in [9.17, 15) is 9.59 Å². The first-order chi connectivity index (χ1) is 60.1. The van der Waals surface area contributed by atoms with Gasteiger partial charge in [0.2, 0.25) is 23.6 Å². The average molecular weight is 1720 g/mol. The zero-order valence-corrected chi connectivity index (χ0v) is 84.6. The van der Waals surface area contributed by atoms with Crippen LogP contribution in [0.15, 0.2) is 0 Å². The van der Waals surface area contributed by atoms with Crippen molar-refractivity contribution in [1.82, 2.24) is 40.0 Å². The zero-order chi connectivity index (χ0) is 88.5. The number of nitrogens with zero attached hydrogens (tertiary/aromatic N) is 6. The molecule has 0 unspecified atom stereocenters. The van der Waals surface area contributed by atoms with Crippen LogP contribution in [0.25, 0.3) is 0 Å². The third-order valence-corrected chi connectivity index (χ3v) is 26.9. The molecule has 0 aliphatic carbocycles. The van der Waals surface area contributed by atoms with E-state index in [0.29, 0.717) is 65.4 Å². The van der Waals surface area contributed by atoms with Crippen molar-refractivity contribution in [3.8, 4) is 0 Å².